The number of furan rings is 1. The van der Waals surface area contributed by atoms with E-state index in [1.54, 1.807) is 23.1 Å². The first kappa shape index (κ1) is 16.6. The maximum absolute atomic E-state index is 12.8. The van der Waals surface area contributed by atoms with Crippen LogP contribution < -0.4 is 0 Å². The smallest absolute Gasteiger partial charge is 0.289 e. The second kappa shape index (κ2) is 6.83. The van der Waals surface area contributed by atoms with E-state index < -0.39 is 6.10 Å². The molecule has 1 amide bonds. The summed E-state index contributed by atoms with van der Waals surface area (Å²) in [4.78, 5) is 16.7. The zero-order chi connectivity index (χ0) is 17.4. The van der Waals surface area contributed by atoms with Crippen molar-refractivity contribution in [2.75, 3.05) is 26.2 Å². The molecule has 1 aromatic carbocycles. The first-order chi connectivity index (χ1) is 12.1. The molecule has 1 aromatic heterocycles. The molecule has 1 N–H and O–H groups in total. The Morgan fingerprint density at radius 2 is 1.88 bits per heavy atom. The van der Waals surface area contributed by atoms with E-state index in [1.165, 1.54) is 0 Å². The third-order valence-corrected chi connectivity index (χ3v) is 5.44. The van der Waals surface area contributed by atoms with Crippen molar-refractivity contribution in [3.8, 4) is 11.3 Å². The average Bonchev–Trinajstić information content (AvgIpc) is 3.35. The summed E-state index contributed by atoms with van der Waals surface area (Å²) >= 11 is 6.19. The fourth-order valence-electron chi connectivity index (χ4n) is 3.78. The van der Waals surface area contributed by atoms with Gasteiger partial charge in [0.1, 0.15) is 5.76 Å². The average molecular weight is 361 g/mol. The fourth-order valence-corrected chi connectivity index (χ4v) is 4.01. The maximum Gasteiger partial charge on any atom is 0.289 e. The molecule has 0 spiro atoms. The van der Waals surface area contributed by atoms with Crippen LogP contribution >= 0.6 is 11.6 Å². The lowest BCUT2D eigenvalue weighted by Crippen LogP contribution is -2.41. The van der Waals surface area contributed by atoms with Crippen LogP contribution in [0.2, 0.25) is 5.02 Å². The molecule has 2 fully saturated rings. The van der Waals surface area contributed by atoms with Gasteiger partial charge in [-0.1, -0.05) is 23.7 Å². The molecule has 2 aromatic rings. The van der Waals surface area contributed by atoms with E-state index in [4.69, 9.17) is 16.0 Å². The van der Waals surface area contributed by atoms with Gasteiger partial charge in [-0.05, 0) is 50.2 Å². The molecule has 25 heavy (non-hydrogen) atoms. The van der Waals surface area contributed by atoms with Crippen LogP contribution in [0, 0.1) is 0 Å². The molecule has 2 aliphatic heterocycles. The summed E-state index contributed by atoms with van der Waals surface area (Å²) in [5.74, 6) is 0.674. The van der Waals surface area contributed by atoms with E-state index in [1.807, 2.05) is 18.2 Å². The Balaban J connectivity index is 1.49. The molecule has 3 heterocycles. The Labute approximate surface area is 151 Å². The van der Waals surface area contributed by atoms with Crippen LogP contribution in [0.4, 0.5) is 0 Å². The standard InChI is InChI=1S/C19H21ClN2O3/c20-14-6-2-1-5-13(14)17-7-8-18(25-17)19(24)22-11-15(16(23)12-22)21-9-3-4-10-21/h1-2,5-8,15-16,23H,3-4,9-12H2/t15-,16-/m0/s1. The predicted octanol–water partition coefficient (Wildman–Crippen LogP) is 2.88. The van der Waals surface area contributed by atoms with Gasteiger partial charge in [-0.15, -0.1) is 0 Å². The van der Waals surface area contributed by atoms with Gasteiger partial charge in [0, 0.05) is 18.7 Å². The number of nitrogens with zero attached hydrogens (tertiary/aromatic N) is 2. The molecular formula is C19H21ClN2O3. The summed E-state index contributed by atoms with van der Waals surface area (Å²) in [7, 11) is 0. The van der Waals surface area contributed by atoms with Gasteiger partial charge in [0.2, 0.25) is 0 Å². The van der Waals surface area contributed by atoms with Crippen molar-refractivity contribution >= 4 is 17.5 Å². The van der Waals surface area contributed by atoms with Gasteiger partial charge < -0.3 is 14.4 Å². The Morgan fingerprint density at radius 1 is 1.12 bits per heavy atom. The minimum Gasteiger partial charge on any atom is -0.451 e. The van der Waals surface area contributed by atoms with Crippen molar-refractivity contribution in [2.45, 2.75) is 25.0 Å². The molecule has 132 valence electrons. The van der Waals surface area contributed by atoms with Gasteiger partial charge in [0.25, 0.3) is 5.91 Å². The number of rotatable bonds is 3. The molecule has 2 saturated heterocycles. The number of carbonyl (C=O) groups excluding carboxylic acids is 1. The van der Waals surface area contributed by atoms with Crippen molar-refractivity contribution in [3.63, 3.8) is 0 Å². The predicted molar refractivity (Wildman–Crippen MR) is 95.7 cm³/mol. The second-order valence-corrected chi connectivity index (χ2v) is 7.14. The summed E-state index contributed by atoms with van der Waals surface area (Å²) in [6, 6.07) is 10.9. The van der Waals surface area contributed by atoms with Crippen LogP contribution in [-0.2, 0) is 0 Å². The number of carbonyl (C=O) groups is 1. The number of halogens is 1. The number of amides is 1. The highest BCUT2D eigenvalue weighted by atomic mass is 35.5. The van der Waals surface area contributed by atoms with Crippen LogP contribution in [0.25, 0.3) is 11.3 Å². The lowest BCUT2D eigenvalue weighted by atomic mass is 10.2. The van der Waals surface area contributed by atoms with Crippen LogP contribution in [0.1, 0.15) is 23.4 Å². The molecule has 0 unspecified atom stereocenters. The number of aliphatic hydroxyl groups is 1. The maximum atomic E-state index is 12.8. The van der Waals surface area contributed by atoms with Crippen molar-refractivity contribution in [1.82, 2.24) is 9.80 Å². The van der Waals surface area contributed by atoms with Gasteiger partial charge in [-0.25, -0.2) is 0 Å². The molecule has 0 radical (unpaired) electrons. The van der Waals surface area contributed by atoms with E-state index in [2.05, 4.69) is 4.90 Å². The Bertz CT molecular complexity index is 770. The number of hydrogen-bond donors (Lipinski definition) is 1. The van der Waals surface area contributed by atoms with Gasteiger partial charge >= 0.3 is 0 Å². The first-order valence-corrected chi connectivity index (χ1v) is 9.07. The molecule has 2 aliphatic rings. The summed E-state index contributed by atoms with van der Waals surface area (Å²) in [5.41, 5.74) is 0.764. The summed E-state index contributed by atoms with van der Waals surface area (Å²) in [5, 5.41) is 10.9. The van der Waals surface area contributed by atoms with Crippen molar-refractivity contribution in [1.29, 1.82) is 0 Å². The molecule has 5 nitrogen and oxygen atoms in total. The minimum atomic E-state index is -0.500. The Hall–Kier alpha value is -1.82. The Kier molecular flexibility index (Phi) is 4.54. The van der Waals surface area contributed by atoms with Crippen LogP contribution in [-0.4, -0.2) is 59.1 Å². The van der Waals surface area contributed by atoms with Crippen LogP contribution in [0.3, 0.4) is 0 Å². The molecular weight excluding hydrogens is 340 g/mol. The monoisotopic (exact) mass is 360 g/mol. The number of hydrogen-bond acceptors (Lipinski definition) is 4. The van der Waals surface area contributed by atoms with E-state index in [9.17, 15) is 9.90 Å². The van der Waals surface area contributed by atoms with E-state index in [0.717, 1.165) is 31.5 Å². The third-order valence-electron chi connectivity index (χ3n) is 5.11. The third kappa shape index (κ3) is 3.19. The van der Waals surface area contributed by atoms with Crippen LogP contribution in [0.15, 0.2) is 40.8 Å². The highest BCUT2D eigenvalue weighted by Gasteiger charge is 2.39. The Morgan fingerprint density at radius 3 is 2.64 bits per heavy atom. The normalized spacial score (nSPS) is 24.2. The molecule has 0 bridgehead atoms. The van der Waals surface area contributed by atoms with Gasteiger partial charge in [-0.3, -0.25) is 9.69 Å². The van der Waals surface area contributed by atoms with Crippen molar-refractivity contribution in [3.05, 3.63) is 47.2 Å². The van der Waals surface area contributed by atoms with Crippen LogP contribution in [0.5, 0.6) is 0 Å². The largest absolute Gasteiger partial charge is 0.451 e. The topological polar surface area (TPSA) is 56.9 Å². The molecule has 0 aliphatic carbocycles. The van der Waals surface area contributed by atoms with E-state index >= 15 is 0 Å². The highest BCUT2D eigenvalue weighted by Crippen LogP contribution is 2.30. The molecule has 6 heteroatoms. The summed E-state index contributed by atoms with van der Waals surface area (Å²) < 4.78 is 5.75. The zero-order valence-corrected chi connectivity index (χ0v) is 14.7. The van der Waals surface area contributed by atoms with E-state index in [-0.39, 0.29) is 17.7 Å². The van der Waals surface area contributed by atoms with E-state index in [0.29, 0.717) is 23.9 Å². The summed E-state index contributed by atoms with van der Waals surface area (Å²) in [6.07, 6.45) is 1.83. The fraction of sp³-hybridized carbons (Fsp3) is 0.421. The highest BCUT2D eigenvalue weighted by molar-refractivity contribution is 6.33. The van der Waals surface area contributed by atoms with Crippen molar-refractivity contribution < 1.29 is 14.3 Å². The van der Waals surface area contributed by atoms with Gasteiger partial charge in [0.15, 0.2) is 5.76 Å². The molecule has 0 saturated carbocycles. The number of likely N-dealkylation sites (tertiary alicyclic amines) is 2. The lowest BCUT2D eigenvalue weighted by Gasteiger charge is -2.25. The number of β-amino-alcohol motifs (C(OH)–C–C–N with tert-alkyl or cyclic N) is 1. The minimum absolute atomic E-state index is 0.0319. The number of benzene rings is 1. The second-order valence-electron chi connectivity index (χ2n) is 6.73. The first-order valence-electron chi connectivity index (χ1n) is 8.69. The molecule has 2 atom stereocenters. The quantitative estimate of drug-likeness (QED) is 0.914. The van der Waals surface area contributed by atoms with Gasteiger partial charge in [-0.2, -0.15) is 0 Å². The number of aliphatic hydroxyl groups excluding tert-OH is 1. The lowest BCUT2D eigenvalue weighted by molar-refractivity contribution is 0.0733. The summed E-state index contributed by atoms with van der Waals surface area (Å²) in [6.45, 7) is 2.90. The van der Waals surface area contributed by atoms with Crippen molar-refractivity contribution in [2.24, 2.45) is 0 Å². The van der Waals surface area contributed by atoms with Gasteiger partial charge in [0.05, 0.1) is 17.2 Å². The SMILES string of the molecule is O=C(c1ccc(-c2ccccc2Cl)o1)N1C[C@H](O)[C@@H](N2CCCC2)C1. The zero-order valence-electron chi connectivity index (χ0n) is 13.9. The molecule has 4 rings (SSSR count).